The zero-order chi connectivity index (χ0) is 12.5. The SMILES string of the molecule is Cc1cnc(C(CN)c2c[nH]c3ccccc23)o1. The van der Waals surface area contributed by atoms with Crippen LogP contribution in [0.1, 0.15) is 23.1 Å². The fraction of sp³-hybridized carbons (Fsp3) is 0.214. The molecule has 2 aromatic heterocycles. The van der Waals surface area contributed by atoms with Crippen molar-refractivity contribution in [2.24, 2.45) is 5.73 Å². The lowest BCUT2D eigenvalue weighted by Crippen LogP contribution is -2.13. The molecule has 0 radical (unpaired) electrons. The fourth-order valence-electron chi connectivity index (χ4n) is 2.28. The molecule has 2 heterocycles. The van der Waals surface area contributed by atoms with Crippen molar-refractivity contribution >= 4 is 10.9 Å². The van der Waals surface area contributed by atoms with Gasteiger partial charge in [0.2, 0.25) is 5.89 Å². The third-order valence-electron chi connectivity index (χ3n) is 3.17. The number of H-pyrrole nitrogens is 1. The zero-order valence-electron chi connectivity index (χ0n) is 10.2. The quantitative estimate of drug-likeness (QED) is 0.740. The molecule has 1 aromatic carbocycles. The lowest BCUT2D eigenvalue weighted by atomic mass is 9.98. The predicted octanol–water partition coefficient (Wildman–Crippen LogP) is 2.55. The molecular formula is C14H15N3O. The highest BCUT2D eigenvalue weighted by Gasteiger charge is 2.20. The second kappa shape index (κ2) is 4.31. The molecule has 0 aliphatic rings. The van der Waals surface area contributed by atoms with Crippen LogP contribution in [0.3, 0.4) is 0 Å². The van der Waals surface area contributed by atoms with E-state index in [4.69, 9.17) is 10.2 Å². The molecule has 1 unspecified atom stereocenters. The summed E-state index contributed by atoms with van der Waals surface area (Å²) in [6, 6.07) is 8.16. The van der Waals surface area contributed by atoms with Gasteiger partial charge in [-0.25, -0.2) is 4.98 Å². The number of aromatic nitrogens is 2. The Morgan fingerprint density at radius 3 is 2.94 bits per heavy atom. The third kappa shape index (κ3) is 1.71. The number of para-hydroxylation sites is 1. The van der Waals surface area contributed by atoms with Crippen LogP contribution >= 0.6 is 0 Å². The number of aryl methyl sites for hydroxylation is 1. The van der Waals surface area contributed by atoms with Crippen LogP contribution in [0.15, 0.2) is 41.1 Å². The maximum Gasteiger partial charge on any atom is 0.203 e. The summed E-state index contributed by atoms with van der Waals surface area (Å²) in [5, 5.41) is 1.17. The number of nitrogens with zero attached hydrogens (tertiary/aromatic N) is 1. The Morgan fingerprint density at radius 2 is 2.22 bits per heavy atom. The number of fused-ring (bicyclic) bond motifs is 1. The number of aromatic amines is 1. The highest BCUT2D eigenvalue weighted by Crippen LogP contribution is 2.29. The van der Waals surface area contributed by atoms with Crippen molar-refractivity contribution in [3.05, 3.63) is 53.9 Å². The summed E-state index contributed by atoms with van der Waals surface area (Å²) in [4.78, 5) is 7.54. The smallest absolute Gasteiger partial charge is 0.203 e. The Kier molecular flexibility index (Phi) is 2.64. The minimum Gasteiger partial charge on any atom is -0.445 e. The number of nitrogens with one attached hydrogen (secondary N) is 1. The first kappa shape index (κ1) is 11.0. The molecule has 3 aromatic rings. The molecule has 0 fully saturated rings. The third-order valence-corrected chi connectivity index (χ3v) is 3.17. The predicted molar refractivity (Wildman–Crippen MR) is 70.4 cm³/mol. The van der Waals surface area contributed by atoms with Crippen molar-refractivity contribution in [1.82, 2.24) is 9.97 Å². The van der Waals surface area contributed by atoms with Crippen LogP contribution in [0.4, 0.5) is 0 Å². The van der Waals surface area contributed by atoms with Gasteiger partial charge in [0.05, 0.1) is 12.1 Å². The fourth-order valence-corrected chi connectivity index (χ4v) is 2.28. The van der Waals surface area contributed by atoms with Gasteiger partial charge >= 0.3 is 0 Å². The summed E-state index contributed by atoms with van der Waals surface area (Å²) in [6.45, 7) is 2.36. The number of hydrogen-bond acceptors (Lipinski definition) is 3. The summed E-state index contributed by atoms with van der Waals surface area (Å²) >= 11 is 0. The molecule has 3 N–H and O–H groups in total. The van der Waals surface area contributed by atoms with Crippen molar-refractivity contribution in [1.29, 1.82) is 0 Å². The van der Waals surface area contributed by atoms with Gasteiger partial charge in [0, 0.05) is 23.6 Å². The van der Waals surface area contributed by atoms with Gasteiger partial charge in [0.25, 0.3) is 0 Å². The highest BCUT2D eigenvalue weighted by molar-refractivity contribution is 5.84. The summed E-state index contributed by atoms with van der Waals surface area (Å²) in [5.41, 5.74) is 8.12. The first-order valence-corrected chi connectivity index (χ1v) is 5.98. The van der Waals surface area contributed by atoms with E-state index < -0.39 is 0 Å². The van der Waals surface area contributed by atoms with Crippen molar-refractivity contribution < 1.29 is 4.42 Å². The average molecular weight is 241 g/mol. The minimum atomic E-state index is -0.00477. The largest absolute Gasteiger partial charge is 0.445 e. The van der Waals surface area contributed by atoms with Crippen LogP contribution in [-0.2, 0) is 0 Å². The second-order valence-corrected chi connectivity index (χ2v) is 4.39. The van der Waals surface area contributed by atoms with Gasteiger partial charge in [-0.05, 0) is 18.6 Å². The van der Waals surface area contributed by atoms with E-state index in [2.05, 4.69) is 16.0 Å². The Balaban J connectivity index is 2.11. The average Bonchev–Trinajstić information content (AvgIpc) is 2.98. The monoisotopic (exact) mass is 241 g/mol. The molecule has 4 heteroatoms. The number of oxazole rings is 1. The van der Waals surface area contributed by atoms with Crippen LogP contribution in [0.2, 0.25) is 0 Å². The topological polar surface area (TPSA) is 67.8 Å². The van der Waals surface area contributed by atoms with E-state index in [0.717, 1.165) is 16.8 Å². The Labute approximate surface area is 105 Å². The summed E-state index contributed by atoms with van der Waals surface area (Å²) < 4.78 is 5.60. The first-order valence-electron chi connectivity index (χ1n) is 5.98. The Hall–Kier alpha value is -2.07. The van der Waals surface area contributed by atoms with E-state index in [1.165, 1.54) is 5.39 Å². The van der Waals surface area contributed by atoms with Crippen LogP contribution in [0, 0.1) is 6.92 Å². The van der Waals surface area contributed by atoms with Gasteiger partial charge in [-0.2, -0.15) is 0 Å². The number of rotatable bonds is 3. The van der Waals surface area contributed by atoms with Gasteiger partial charge < -0.3 is 15.1 Å². The molecule has 18 heavy (non-hydrogen) atoms. The molecular weight excluding hydrogens is 226 g/mol. The van der Waals surface area contributed by atoms with Gasteiger partial charge in [0.15, 0.2) is 0 Å². The maximum atomic E-state index is 5.88. The Bertz CT molecular complexity index is 668. The molecule has 92 valence electrons. The first-order chi connectivity index (χ1) is 8.79. The molecule has 0 bridgehead atoms. The summed E-state index contributed by atoms with van der Waals surface area (Å²) in [6.07, 6.45) is 3.72. The molecule has 0 amide bonds. The lowest BCUT2D eigenvalue weighted by molar-refractivity contribution is 0.452. The summed E-state index contributed by atoms with van der Waals surface area (Å²) in [5.74, 6) is 1.48. The van der Waals surface area contributed by atoms with E-state index >= 15 is 0 Å². The number of benzene rings is 1. The minimum absolute atomic E-state index is 0.00477. The summed E-state index contributed by atoms with van der Waals surface area (Å²) in [7, 11) is 0. The van der Waals surface area contributed by atoms with E-state index in [1.54, 1.807) is 6.20 Å². The van der Waals surface area contributed by atoms with Crippen molar-refractivity contribution in [3.63, 3.8) is 0 Å². The number of nitrogens with two attached hydrogens (primary N) is 1. The van der Waals surface area contributed by atoms with Gasteiger partial charge in [-0.1, -0.05) is 18.2 Å². The maximum absolute atomic E-state index is 5.88. The van der Waals surface area contributed by atoms with Crippen LogP contribution < -0.4 is 5.73 Å². The lowest BCUT2D eigenvalue weighted by Gasteiger charge is -2.09. The zero-order valence-corrected chi connectivity index (χ0v) is 10.2. The molecule has 0 aliphatic heterocycles. The van der Waals surface area contributed by atoms with E-state index in [9.17, 15) is 0 Å². The molecule has 1 atom stereocenters. The van der Waals surface area contributed by atoms with E-state index in [1.807, 2.05) is 31.3 Å². The molecule has 0 aliphatic carbocycles. The molecule has 3 rings (SSSR count). The van der Waals surface area contributed by atoms with Crippen LogP contribution in [0.25, 0.3) is 10.9 Å². The van der Waals surface area contributed by atoms with Crippen molar-refractivity contribution in [2.45, 2.75) is 12.8 Å². The van der Waals surface area contributed by atoms with E-state index in [0.29, 0.717) is 12.4 Å². The van der Waals surface area contributed by atoms with Crippen molar-refractivity contribution in [2.75, 3.05) is 6.54 Å². The van der Waals surface area contributed by atoms with Gasteiger partial charge in [0.1, 0.15) is 5.76 Å². The van der Waals surface area contributed by atoms with E-state index in [-0.39, 0.29) is 5.92 Å². The number of hydrogen-bond donors (Lipinski definition) is 2. The van der Waals surface area contributed by atoms with Gasteiger partial charge in [-0.3, -0.25) is 0 Å². The molecule has 0 saturated heterocycles. The standard InChI is InChI=1S/C14H15N3O/c1-9-7-17-14(18-9)11(6-15)12-8-16-13-5-3-2-4-10(12)13/h2-5,7-8,11,16H,6,15H2,1H3. The molecule has 0 saturated carbocycles. The molecule has 0 spiro atoms. The van der Waals surface area contributed by atoms with Crippen LogP contribution in [-0.4, -0.2) is 16.5 Å². The highest BCUT2D eigenvalue weighted by atomic mass is 16.4. The van der Waals surface area contributed by atoms with Crippen molar-refractivity contribution in [3.8, 4) is 0 Å². The second-order valence-electron chi connectivity index (χ2n) is 4.39. The normalized spacial score (nSPS) is 13.0. The van der Waals surface area contributed by atoms with Crippen LogP contribution in [0.5, 0.6) is 0 Å². The molecule has 4 nitrogen and oxygen atoms in total. The van der Waals surface area contributed by atoms with Gasteiger partial charge in [-0.15, -0.1) is 0 Å². The Morgan fingerprint density at radius 1 is 1.39 bits per heavy atom.